The zero-order valence-electron chi connectivity index (χ0n) is 11.5. The van der Waals surface area contributed by atoms with Gasteiger partial charge in [0.15, 0.2) is 0 Å². The maximum Gasteiger partial charge on any atom is 0.0328 e. The van der Waals surface area contributed by atoms with Crippen LogP contribution in [0.3, 0.4) is 0 Å². The van der Waals surface area contributed by atoms with Gasteiger partial charge in [-0.1, -0.05) is 60.7 Å². The van der Waals surface area contributed by atoms with Crippen LogP contribution in [-0.2, 0) is 0 Å². The third-order valence-electron chi connectivity index (χ3n) is 3.53. The van der Waals surface area contributed by atoms with Crippen LogP contribution in [-0.4, -0.2) is 6.04 Å². The van der Waals surface area contributed by atoms with Crippen LogP contribution in [0.25, 0.3) is 0 Å². The molecular formula is C18H20N2. The molecule has 3 N–H and O–H groups in total. The Bertz CT molecular complexity index is 503. The van der Waals surface area contributed by atoms with Gasteiger partial charge in [-0.25, -0.2) is 0 Å². The molecule has 2 heteroatoms. The van der Waals surface area contributed by atoms with Crippen molar-refractivity contribution in [3.8, 4) is 12.3 Å². The number of hydrogen-bond acceptors (Lipinski definition) is 2. The van der Waals surface area contributed by atoms with Crippen LogP contribution in [0, 0.1) is 12.3 Å². The molecule has 0 amide bonds. The summed E-state index contributed by atoms with van der Waals surface area (Å²) in [6.45, 7) is 0. The van der Waals surface area contributed by atoms with E-state index in [1.54, 1.807) is 0 Å². The van der Waals surface area contributed by atoms with Crippen LogP contribution in [0.4, 0.5) is 0 Å². The molecule has 0 fully saturated rings. The SMILES string of the molecule is C#CCCC(NN)C(c1ccccc1)c1ccccc1. The zero-order chi connectivity index (χ0) is 14.2. The quantitative estimate of drug-likeness (QED) is 0.478. The van der Waals surface area contributed by atoms with E-state index in [-0.39, 0.29) is 12.0 Å². The van der Waals surface area contributed by atoms with Crippen molar-refractivity contribution in [3.63, 3.8) is 0 Å². The second-order valence-corrected chi connectivity index (χ2v) is 4.81. The molecule has 2 rings (SSSR count). The third-order valence-corrected chi connectivity index (χ3v) is 3.53. The third kappa shape index (κ3) is 3.48. The molecule has 0 saturated carbocycles. The van der Waals surface area contributed by atoms with Crippen molar-refractivity contribution >= 4 is 0 Å². The van der Waals surface area contributed by atoms with E-state index in [9.17, 15) is 0 Å². The summed E-state index contributed by atoms with van der Waals surface area (Å²) in [5, 5.41) is 0. The highest BCUT2D eigenvalue weighted by molar-refractivity contribution is 5.34. The first-order valence-corrected chi connectivity index (χ1v) is 6.86. The lowest BCUT2D eigenvalue weighted by molar-refractivity contribution is 0.454. The summed E-state index contributed by atoms with van der Waals surface area (Å²) in [5.74, 6) is 8.67. The summed E-state index contributed by atoms with van der Waals surface area (Å²) in [5.41, 5.74) is 5.44. The molecule has 0 aromatic heterocycles. The molecule has 102 valence electrons. The lowest BCUT2D eigenvalue weighted by Gasteiger charge is -2.27. The number of rotatable bonds is 6. The van der Waals surface area contributed by atoms with Crippen LogP contribution >= 0.6 is 0 Å². The second-order valence-electron chi connectivity index (χ2n) is 4.81. The summed E-state index contributed by atoms with van der Waals surface area (Å²) < 4.78 is 0. The smallest absolute Gasteiger partial charge is 0.0328 e. The molecule has 1 unspecified atom stereocenters. The molecule has 0 saturated heterocycles. The van der Waals surface area contributed by atoms with Gasteiger partial charge >= 0.3 is 0 Å². The molecular weight excluding hydrogens is 244 g/mol. The molecule has 0 aliphatic heterocycles. The predicted octanol–water partition coefficient (Wildman–Crippen LogP) is 3.06. The molecule has 1 atom stereocenters. The van der Waals surface area contributed by atoms with E-state index < -0.39 is 0 Å². The Morgan fingerprint density at radius 1 is 0.950 bits per heavy atom. The molecule has 2 aromatic rings. The first-order chi connectivity index (χ1) is 9.86. The molecule has 2 nitrogen and oxygen atoms in total. The van der Waals surface area contributed by atoms with Crippen molar-refractivity contribution in [2.75, 3.05) is 0 Å². The predicted molar refractivity (Wildman–Crippen MR) is 83.9 cm³/mol. The Hall–Kier alpha value is -2.08. The molecule has 20 heavy (non-hydrogen) atoms. The van der Waals surface area contributed by atoms with Gasteiger partial charge in [0, 0.05) is 18.4 Å². The van der Waals surface area contributed by atoms with Gasteiger partial charge in [-0.15, -0.1) is 12.3 Å². The first-order valence-electron chi connectivity index (χ1n) is 6.86. The van der Waals surface area contributed by atoms with Gasteiger partial charge in [0.2, 0.25) is 0 Å². The molecule has 0 bridgehead atoms. The minimum absolute atomic E-state index is 0.121. The fraction of sp³-hybridized carbons (Fsp3) is 0.222. The lowest BCUT2D eigenvalue weighted by atomic mass is 9.83. The Morgan fingerprint density at radius 2 is 1.45 bits per heavy atom. The van der Waals surface area contributed by atoms with Crippen molar-refractivity contribution in [1.82, 2.24) is 5.43 Å². The first kappa shape index (κ1) is 14.3. The summed E-state index contributed by atoms with van der Waals surface area (Å²) in [7, 11) is 0. The summed E-state index contributed by atoms with van der Waals surface area (Å²) in [6.07, 6.45) is 6.95. The molecule has 0 aliphatic carbocycles. The molecule has 0 spiro atoms. The summed E-state index contributed by atoms with van der Waals surface area (Å²) in [6, 6.07) is 20.9. The Balaban J connectivity index is 2.36. The van der Waals surface area contributed by atoms with E-state index in [2.05, 4.69) is 59.9 Å². The summed E-state index contributed by atoms with van der Waals surface area (Å²) in [4.78, 5) is 0. The lowest BCUT2D eigenvalue weighted by Crippen LogP contribution is -2.40. The van der Waals surface area contributed by atoms with E-state index in [0.717, 1.165) is 6.42 Å². The fourth-order valence-electron chi connectivity index (χ4n) is 2.56. The average Bonchev–Trinajstić information content (AvgIpc) is 2.53. The number of terminal acetylenes is 1. The highest BCUT2D eigenvalue weighted by atomic mass is 15.2. The monoisotopic (exact) mass is 264 g/mol. The number of hydrogen-bond donors (Lipinski definition) is 2. The largest absolute Gasteiger partial charge is 0.271 e. The van der Waals surface area contributed by atoms with Crippen molar-refractivity contribution < 1.29 is 0 Å². The van der Waals surface area contributed by atoms with Crippen LogP contribution in [0.5, 0.6) is 0 Å². The van der Waals surface area contributed by atoms with Gasteiger partial charge in [-0.3, -0.25) is 11.3 Å². The van der Waals surface area contributed by atoms with E-state index >= 15 is 0 Å². The molecule has 0 radical (unpaired) electrons. The van der Waals surface area contributed by atoms with Crippen LogP contribution in [0.15, 0.2) is 60.7 Å². The van der Waals surface area contributed by atoms with E-state index in [1.165, 1.54) is 11.1 Å². The number of nitrogens with one attached hydrogen (secondary N) is 1. The maximum atomic E-state index is 5.77. The highest BCUT2D eigenvalue weighted by Gasteiger charge is 2.23. The average molecular weight is 264 g/mol. The number of nitrogens with two attached hydrogens (primary N) is 1. The van der Waals surface area contributed by atoms with Gasteiger partial charge in [0.1, 0.15) is 0 Å². The Labute approximate surface area is 121 Å². The minimum atomic E-state index is 0.121. The summed E-state index contributed by atoms with van der Waals surface area (Å²) >= 11 is 0. The van der Waals surface area contributed by atoms with Crippen molar-refractivity contribution in [1.29, 1.82) is 0 Å². The maximum absolute atomic E-state index is 5.77. The normalized spacial score (nSPS) is 12.1. The van der Waals surface area contributed by atoms with Crippen LogP contribution in [0.1, 0.15) is 29.9 Å². The van der Waals surface area contributed by atoms with Crippen molar-refractivity contribution in [3.05, 3.63) is 71.8 Å². The second kappa shape index (κ2) is 7.49. The van der Waals surface area contributed by atoms with Gasteiger partial charge in [-0.05, 0) is 17.5 Å². The van der Waals surface area contributed by atoms with Gasteiger partial charge in [0.25, 0.3) is 0 Å². The van der Waals surface area contributed by atoms with Crippen LogP contribution < -0.4 is 11.3 Å². The number of benzene rings is 2. The van der Waals surface area contributed by atoms with E-state index in [4.69, 9.17) is 12.3 Å². The fourth-order valence-corrected chi connectivity index (χ4v) is 2.56. The van der Waals surface area contributed by atoms with Gasteiger partial charge < -0.3 is 0 Å². The van der Waals surface area contributed by atoms with Crippen LogP contribution in [0.2, 0.25) is 0 Å². The van der Waals surface area contributed by atoms with E-state index in [1.807, 2.05) is 12.1 Å². The Kier molecular flexibility index (Phi) is 5.37. The Morgan fingerprint density at radius 3 is 1.85 bits per heavy atom. The van der Waals surface area contributed by atoms with Gasteiger partial charge in [-0.2, -0.15) is 0 Å². The number of hydrazine groups is 1. The minimum Gasteiger partial charge on any atom is -0.271 e. The zero-order valence-corrected chi connectivity index (χ0v) is 11.5. The topological polar surface area (TPSA) is 38.0 Å². The standard InChI is InChI=1S/C18H20N2/c1-2-3-14-17(20-19)18(15-10-6-4-7-11-15)16-12-8-5-9-13-16/h1,4-13,17-18,20H,3,14,19H2. The van der Waals surface area contributed by atoms with Gasteiger partial charge in [0.05, 0.1) is 0 Å². The van der Waals surface area contributed by atoms with Crippen molar-refractivity contribution in [2.45, 2.75) is 24.8 Å². The highest BCUT2D eigenvalue weighted by Crippen LogP contribution is 2.29. The van der Waals surface area contributed by atoms with E-state index in [0.29, 0.717) is 6.42 Å². The molecule has 0 aliphatic rings. The molecule has 0 heterocycles. The molecule has 2 aromatic carbocycles. The van der Waals surface area contributed by atoms with Crippen molar-refractivity contribution in [2.24, 2.45) is 5.84 Å².